The van der Waals surface area contributed by atoms with Gasteiger partial charge >= 0.3 is 0 Å². The summed E-state index contributed by atoms with van der Waals surface area (Å²) in [5.74, 6) is 1.02. The van der Waals surface area contributed by atoms with Crippen LogP contribution in [0.4, 0.5) is 5.82 Å². The van der Waals surface area contributed by atoms with Crippen LogP contribution in [-0.4, -0.2) is 27.2 Å². The SMILES string of the molecule is CN(C(=N)SC(=N)C1CCCC1)c1ccc2ncc(Br)cc2n1. The smallest absolute Gasteiger partial charge is 0.167 e. The Balaban J connectivity index is 1.74. The van der Waals surface area contributed by atoms with Crippen LogP contribution >= 0.6 is 27.7 Å². The third-order valence-electron chi connectivity index (χ3n) is 4.07. The largest absolute Gasteiger partial charge is 0.309 e. The average Bonchev–Trinajstić information content (AvgIpc) is 3.07. The van der Waals surface area contributed by atoms with Gasteiger partial charge in [-0.25, -0.2) is 4.98 Å². The molecule has 1 fully saturated rings. The highest BCUT2D eigenvalue weighted by Gasteiger charge is 2.22. The van der Waals surface area contributed by atoms with Crippen molar-refractivity contribution in [2.24, 2.45) is 5.92 Å². The second-order valence-electron chi connectivity index (χ2n) is 5.67. The van der Waals surface area contributed by atoms with Crippen LogP contribution in [0.25, 0.3) is 11.0 Å². The average molecular weight is 392 g/mol. The lowest BCUT2D eigenvalue weighted by atomic mass is 10.1. The fraction of sp³-hybridized carbons (Fsp3) is 0.375. The molecule has 2 heterocycles. The van der Waals surface area contributed by atoms with Crippen molar-refractivity contribution < 1.29 is 0 Å². The first-order chi connectivity index (χ1) is 11.0. The monoisotopic (exact) mass is 391 g/mol. The van der Waals surface area contributed by atoms with Gasteiger partial charge in [0.15, 0.2) is 5.17 Å². The Bertz CT molecular complexity index is 757. The number of halogens is 1. The molecule has 0 spiro atoms. The molecule has 7 heteroatoms. The van der Waals surface area contributed by atoms with Gasteiger partial charge in [-0.15, -0.1) is 0 Å². The minimum atomic E-state index is 0.330. The van der Waals surface area contributed by atoms with Gasteiger partial charge in [-0.2, -0.15) is 0 Å². The number of nitrogens with one attached hydrogen (secondary N) is 2. The van der Waals surface area contributed by atoms with E-state index in [9.17, 15) is 0 Å². The van der Waals surface area contributed by atoms with E-state index in [4.69, 9.17) is 10.8 Å². The van der Waals surface area contributed by atoms with Crippen molar-refractivity contribution in [3.05, 3.63) is 28.9 Å². The number of fused-ring (bicyclic) bond motifs is 1. The molecule has 0 radical (unpaired) electrons. The number of hydrogen-bond donors (Lipinski definition) is 2. The summed E-state index contributed by atoms with van der Waals surface area (Å²) in [7, 11) is 1.82. The molecule has 1 aliphatic carbocycles. The van der Waals surface area contributed by atoms with Crippen molar-refractivity contribution in [3.63, 3.8) is 0 Å². The highest BCUT2D eigenvalue weighted by Crippen LogP contribution is 2.30. The van der Waals surface area contributed by atoms with Gasteiger partial charge < -0.3 is 4.90 Å². The molecule has 0 saturated heterocycles. The molecule has 0 amide bonds. The number of nitrogens with zero attached hydrogens (tertiary/aromatic N) is 3. The molecule has 3 rings (SSSR count). The Labute approximate surface area is 148 Å². The van der Waals surface area contributed by atoms with E-state index in [0.29, 0.717) is 21.9 Å². The second-order valence-corrected chi connectivity index (χ2v) is 7.62. The minimum Gasteiger partial charge on any atom is -0.309 e. The van der Waals surface area contributed by atoms with Gasteiger partial charge in [-0.05, 0) is 58.7 Å². The van der Waals surface area contributed by atoms with E-state index < -0.39 is 0 Å². The van der Waals surface area contributed by atoms with Gasteiger partial charge in [-0.3, -0.25) is 15.8 Å². The number of thioether (sulfide) groups is 1. The van der Waals surface area contributed by atoms with Crippen LogP contribution in [0.3, 0.4) is 0 Å². The molecule has 23 heavy (non-hydrogen) atoms. The quantitative estimate of drug-likeness (QED) is 0.576. The number of rotatable bonds is 2. The van der Waals surface area contributed by atoms with E-state index in [1.807, 2.05) is 25.2 Å². The predicted octanol–water partition coefficient (Wildman–Crippen LogP) is 4.66. The summed E-state index contributed by atoms with van der Waals surface area (Å²) in [6.07, 6.45) is 6.30. The Morgan fingerprint density at radius 2 is 2.00 bits per heavy atom. The summed E-state index contributed by atoms with van der Waals surface area (Å²) in [5.41, 5.74) is 1.61. The van der Waals surface area contributed by atoms with Crippen LogP contribution in [0.2, 0.25) is 0 Å². The lowest BCUT2D eigenvalue weighted by Crippen LogP contribution is -2.25. The molecule has 2 N–H and O–H groups in total. The highest BCUT2D eigenvalue weighted by molar-refractivity contribution is 9.10. The molecule has 0 atom stereocenters. The van der Waals surface area contributed by atoms with Crippen LogP contribution in [0.15, 0.2) is 28.9 Å². The van der Waals surface area contributed by atoms with E-state index in [1.54, 1.807) is 11.1 Å². The van der Waals surface area contributed by atoms with E-state index in [2.05, 4.69) is 25.9 Å². The second kappa shape index (κ2) is 6.97. The standard InChI is InChI=1S/C16H18BrN5S/c1-22(16(19)23-15(18)10-4-2-3-5-10)14-7-6-12-13(21-14)8-11(17)9-20-12/h6-10,18-19H,2-5H2,1H3. The predicted molar refractivity (Wildman–Crippen MR) is 101 cm³/mol. The molecule has 2 aromatic heterocycles. The Morgan fingerprint density at radius 1 is 1.26 bits per heavy atom. The maximum atomic E-state index is 8.26. The number of anilines is 1. The van der Waals surface area contributed by atoms with E-state index in [-0.39, 0.29) is 0 Å². The fourth-order valence-corrected chi connectivity index (χ4v) is 3.87. The van der Waals surface area contributed by atoms with Crippen molar-refractivity contribution in [1.82, 2.24) is 9.97 Å². The summed E-state index contributed by atoms with van der Waals surface area (Å²) in [4.78, 5) is 10.6. The summed E-state index contributed by atoms with van der Waals surface area (Å²) in [5, 5.41) is 17.4. The zero-order valence-electron chi connectivity index (χ0n) is 12.8. The van der Waals surface area contributed by atoms with Crippen molar-refractivity contribution >= 4 is 54.8 Å². The molecule has 1 aliphatic rings. The van der Waals surface area contributed by atoms with Gasteiger partial charge in [0.25, 0.3) is 0 Å². The maximum Gasteiger partial charge on any atom is 0.167 e. The zero-order valence-corrected chi connectivity index (χ0v) is 15.2. The number of aromatic nitrogens is 2. The van der Waals surface area contributed by atoms with Gasteiger partial charge in [0.1, 0.15) is 5.82 Å². The fourth-order valence-electron chi connectivity index (χ4n) is 2.71. The third-order valence-corrected chi connectivity index (χ3v) is 5.52. The topological polar surface area (TPSA) is 76.7 Å². The van der Waals surface area contributed by atoms with E-state index >= 15 is 0 Å². The lowest BCUT2D eigenvalue weighted by Gasteiger charge is -2.20. The van der Waals surface area contributed by atoms with Crippen LogP contribution < -0.4 is 4.90 Å². The first-order valence-electron chi connectivity index (χ1n) is 7.55. The summed E-state index contributed by atoms with van der Waals surface area (Å²) >= 11 is 4.64. The number of amidine groups is 1. The first-order valence-corrected chi connectivity index (χ1v) is 9.16. The zero-order chi connectivity index (χ0) is 16.4. The number of hydrogen-bond acceptors (Lipinski definition) is 5. The Hall–Kier alpha value is -1.47. The van der Waals surface area contributed by atoms with Crippen LogP contribution in [0.1, 0.15) is 25.7 Å². The normalized spacial score (nSPS) is 15.0. The molecule has 5 nitrogen and oxygen atoms in total. The Kier molecular flexibility index (Phi) is 4.96. The van der Waals surface area contributed by atoms with Crippen LogP contribution in [0.5, 0.6) is 0 Å². The van der Waals surface area contributed by atoms with Gasteiger partial charge in [0, 0.05) is 23.6 Å². The third kappa shape index (κ3) is 3.72. The molecule has 1 saturated carbocycles. The molecule has 0 aromatic carbocycles. The molecular weight excluding hydrogens is 374 g/mol. The minimum absolute atomic E-state index is 0.330. The van der Waals surface area contributed by atoms with Crippen molar-refractivity contribution in [2.45, 2.75) is 25.7 Å². The van der Waals surface area contributed by atoms with Crippen molar-refractivity contribution in [2.75, 3.05) is 11.9 Å². The Morgan fingerprint density at radius 3 is 2.74 bits per heavy atom. The van der Waals surface area contributed by atoms with Crippen molar-refractivity contribution in [3.8, 4) is 0 Å². The van der Waals surface area contributed by atoms with Gasteiger partial charge in [-0.1, -0.05) is 12.8 Å². The summed E-state index contributed by atoms with van der Waals surface area (Å²) in [6.45, 7) is 0. The van der Waals surface area contributed by atoms with E-state index in [1.165, 1.54) is 24.6 Å². The molecule has 120 valence electrons. The maximum absolute atomic E-state index is 8.26. The van der Waals surface area contributed by atoms with Crippen LogP contribution in [0, 0.1) is 16.7 Å². The first kappa shape index (κ1) is 16.4. The molecular formula is C16H18BrN5S. The molecule has 0 bridgehead atoms. The molecule has 0 unspecified atom stereocenters. The molecule has 0 aliphatic heterocycles. The highest BCUT2D eigenvalue weighted by atomic mass is 79.9. The van der Waals surface area contributed by atoms with Gasteiger partial charge in [0.2, 0.25) is 0 Å². The summed E-state index contributed by atoms with van der Waals surface area (Å²) < 4.78 is 0.879. The summed E-state index contributed by atoms with van der Waals surface area (Å²) in [6, 6.07) is 5.68. The van der Waals surface area contributed by atoms with Gasteiger partial charge in [0.05, 0.1) is 16.1 Å². The lowest BCUT2D eigenvalue weighted by molar-refractivity contribution is 0.736. The van der Waals surface area contributed by atoms with Crippen LogP contribution in [-0.2, 0) is 0 Å². The number of pyridine rings is 2. The molecule has 2 aromatic rings. The van der Waals surface area contributed by atoms with E-state index in [0.717, 1.165) is 28.3 Å². The van der Waals surface area contributed by atoms with Crippen molar-refractivity contribution in [1.29, 1.82) is 10.8 Å².